The van der Waals surface area contributed by atoms with Gasteiger partial charge in [0.05, 0.1) is 16.8 Å². The standard InChI is InChI=1S/C5H2Cl2N2O/c6-4-1-8-9-5(7)3(4)2-10/h1-2H. The van der Waals surface area contributed by atoms with Crippen LogP contribution in [0.15, 0.2) is 6.20 Å². The summed E-state index contributed by atoms with van der Waals surface area (Å²) in [6, 6.07) is 0. The minimum atomic E-state index is 0.0301. The lowest BCUT2D eigenvalue weighted by Crippen LogP contribution is -1.89. The lowest BCUT2D eigenvalue weighted by molar-refractivity contribution is 0.112. The molecule has 3 nitrogen and oxygen atoms in total. The number of carbonyl (C=O) groups excluding carboxylic acids is 1. The maximum atomic E-state index is 10.2. The van der Waals surface area contributed by atoms with Gasteiger partial charge in [0, 0.05) is 0 Å². The minimum absolute atomic E-state index is 0.0301. The number of hydrogen-bond acceptors (Lipinski definition) is 3. The molecule has 0 saturated heterocycles. The average Bonchev–Trinajstić information content (AvgIpc) is 1.88. The summed E-state index contributed by atoms with van der Waals surface area (Å²) in [5.74, 6) is 0. The Hall–Kier alpha value is -0.670. The monoisotopic (exact) mass is 176 g/mol. The van der Waals surface area contributed by atoms with Gasteiger partial charge in [0.1, 0.15) is 0 Å². The van der Waals surface area contributed by atoms with Crippen LogP contribution in [-0.4, -0.2) is 16.5 Å². The molecule has 0 amide bonds. The van der Waals surface area contributed by atoms with Gasteiger partial charge in [0.15, 0.2) is 11.4 Å². The Balaban J connectivity index is 3.30. The number of aromatic nitrogens is 2. The van der Waals surface area contributed by atoms with Crippen LogP contribution >= 0.6 is 23.2 Å². The summed E-state index contributed by atoms with van der Waals surface area (Å²) in [6.45, 7) is 0. The van der Waals surface area contributed by atoms with Crippen LogP contribution in [0.1, 0.15) is 10.4 Å². The van der Waals surface area contributed by atoms with E-state index in [2.05, 4.69) is 10.2 Å². The van der Waals surface area contributed by atoms with Crippen molar-refractivity contribution in [3.8, 4) is 0 Å². The zero-order valence-corrected chi connectivity index (χ0v) is 6.23. The van der Waals surface area contributed by atoms with Crippen molar-refractivity contribution in [2.45, 2.75) is 0 Å². The molecule has 1 aromatic rings. The molecule has 1 aromatic heterocycles. The van der Waals surface area contributed by atoms with Crippen LogP contribution in [0.5, 0.6) is 0 Å². The molecule has 1 rings (SSSR count). The quantitative estimate of drug-likeness (QED) is 0.611. The fourth-order valence-corrected chi connectivity index (χ4v) is 0.873. The molecule has 1 heterocycles. The molecule has 0 aliphatic rings. The van der Waals surface area contributed by atoms with Crippen molar-refractivity contribution in [3.63, 3.8) is 0 Å². The fourth-order valence-electron chi connectivity index (χ4n) is 0.457. The van der Waals surface area contributed by atoms with Crippen LogP contribution in [0, 0.1) is 0 Å². The molecule has 0 aromatic carbocycles. The molecule has 0 bridgehead atoms. The summed E-state index contributed by atoms with van der Waals surface area (Å²) in [7, 11) is 0. The second-order valence-corrected chi connectivity index (χ2v) is 2.28. The summed E-state index contributed by atoms with van der Waals surface area (Å²) < 4.78 is 0. The third-order valence-electron chi connectivity index (χ3n) is 0.914. The van der Waals surface area contributed by atoms with E-state index in [1.807, 2.05) is 0 Å². The van der Waals surface area contributed by atoms with Crippen LogP contribution in [0.3, 0.4) is 0 Å². The number of hydrogen-bond donors (Lipinski definition) is 0. The SMILES string of the molecule is O=Cc1c(Cl)cnnc1Cl. The summed E-state index contributed by atoms with van der Waals surface area (Å²) in [5.41, 5.74) is 0.179. The van der Waals surface area contributed by atoms with E-state index < -0.39 is 0 Å². The van der Waals surface area contributed by atoms with Gasteiger partial charge in [-0.2, -0.15) is 5.10 Å². The van der Waals surface area contributed by atoms with Gasteiger partial charge >= 0.3 is 0 Å². The Morgan fingerprint density at radius 2 is 2.20 bits per heavy atom. The molecule has 0 unspecified atom stereocenters. The molecular formula is C5H2Cl2N2O. The summed E-state index contributed by atoms with van der Waals surface area (Å²) in [4.78, 5) is 10.2. The van der Waals surface area contributed by atoms with Crippen molar-refractivity contribution >= 4 is 29.5 Å². The van der Waals surface area contributed by atoms with Crippen molar-refractivity contribution in [1.82, 2.24) is 10.2 Å². The number of aldehydes is 1. The van der Waals surface area contributed by atoms with Crippen LogP contribution in [0.25, 0.3) is 0 Å². The second kappa shape index (κ2) is 2.94. The first-order valence-electron chi connectivity index (χ1n) is 2.37. The lowest BCUT2D eigenvalue weighted by Gasteiger charge is -1.93. The maximum Gasteiger partial charge on any atom is 0.163 e. The van der Waals surface area contributed by atoms with Crippen molar-refractivity contribution < 1.29 is 4.79 Å². The zero-order chi connectivity index (χ0) is 7.56. The summed E-state index contributed by atoms with van der Waals surface area (Å²) >= 11 is 11.0. The van der Waals surface area contributed by atoms with Gasteiger partial charge in [-0.15, -0.1) is 5.10 Å². The summed E-state index contributed by atoms with van der Waals surface area (Å²) in [6.07, 6.45) is 1.80. The van der Waals surface area contributed by atoms with E-state index in [9.17, 15) is 4.79 Å². The Morgan fingerprint density at radius 1 is 1.50 bits per heavy atom. The van der Waals surface area contributed by atoms with Crippen molar-refractivity contribution in [1.29, 1.82) is 0 Å². The van der Waals surface area contributed by atoms with E-state index in [4.69, 9.17) is 23.2 Å². The first kappa shape index (κ1) is 7.44. The van der Waals surface area contributed by atoms with Crippen molar-refractivity contribution in [3.05, 3.63) is 21.9 Å². The van der Waals surface area contributed by atoms with Gasteiger partial charge in [-0.1, -0.05) is 23.2 Å². The molecule has 0 spiro atoms. The molecule has 5 heteroatoms. The molecule has 0 N–H and O–H groups in total. The molecule has 0 fully saturated rings. The molecule has 0 saturated carbocycles. The predicted octanol–water partition coefficient (Wildman–Crippen LogP) is 1.60. The van der Waals surface area contributed by atoms with E-state index in [-0.39, 0.29) is 15.7 Å². The first-order valence-corrected chi connectivity index (χ1v) is 3.13. The Morgan fingerprint density at radius 3 is 2.60 bits per heavy atom. The normalized spacial score (nSPS) is 9.40. The Kier molecular flexibility index (Phi) is 2.19. The average molecular weight is 177 g/mol. The minimum Gasteiger partial charge on any atom is -0.298 e. The van der Waals surface area contributed by atoms with Gasteiger partial charge in [0.25, 0.3) is 0 Å². The molecule has 0 aliphatic carbocycles. The van der Waals surface area contributed by atoms with Gasteiger partial charge < -0.3 is 0 Å². The van der Waals surface area contributed by atoms with Crippen LogP contribution in [0.4, 0.5) is 0 Å². The topological polar surface area (TPSA) is 42.9 Å². The predicted molar refractivity (Wildman–Crippen MR) is 37.4 cm³/mol. The van der Waals surface area contributed by atoms with Crippen LogP contribution in [-0.2, 0) is 0 Å². The number of halogens is 2. The Bertz CT molecular complexity index is 244. The molecular weight excluding hydrogens is 175 g/mol. The van der Waals surface area contributed by atoms with Crippen LogP contribution < -0.4 is 0 Å². The van der Waals surface area contributed by atoms with E-state index in [0.29, 0.717) is 6.29 Å². The highest BCUT2D eigenvalue weighted by atomic mass is 35.5. The largest absolute Gasteiger partial charge is 0.298 e. The van der Waals surface area contributed by atoms with Gasteiger partial charge in [-0.25, -0.2) is 0 Å². The molecule has 0 radical (unpaired) electrons. The highest BCUT2D eigenvalue weighted by Crippen LogP contribution is 2.17. The van der Waals surface area contributed by atoms with E-state index in [1.165, 1.54) is 6.20 Å². The van der Waals surface area contributed by atoms with E-state index in [1.54, 1.807) is 0 Å². The smallest absolute Gasteiger partial charge is 0.163 e. The van der Waals surface area contributed by atoms with E-state index >= 15 is 0 Å². The highest BCUT2D eigenvalue weighted by molar-refractivity contribution is 6.37. The fraction of sp³-hybridized carbons (Fsp3) is 0. The molecule has 52 valence electrons. The Labute approximate surface area is 67.0 Å². The zero-order valence-electron chi connectivity index (χ0n) is 4.71. The summed E-state index contributed by atoms with van der Waals surface area (Å²) in [5, 5.41) is 7.08. The third-order valence-corrected chi connectivity index (χ3v) is 1.49. The molecule has 0 atom stereocenters. The number of carbonyl (C=O) groups is 1. The van der Waals surface area contributed by atoms with Gasteiger partial charge in [-0.05, 0) is 0 Å². The van der Waals surface area contributed by atoms with E-state index in [0.717, 1.165) is 0 Å². The van der Waals surface area contributed by atoms with Crippen molar-refractivity contribution in [2.24, 2.45) is 0 Å². The van der Waals surface area contributed by atoms with Crippen molar-refractivity contribution in [2.75, 3.05) is 0 Å². The third kappa shape index (κ3) is 1.25. The first-order chi connectivity index (χ1) is 4.75. The highest BCUT2D eigenvalue weighted by Gasteiger charge is 2.04. The lowest BCUT2D eigenvalue weighted by atomic mass is 10.3. The molecule has 0 aliphatic heterocycles. The van der Waals surface area contributed by atoms with Gasteiger partial charge in [0.2, 0.25) is 0 Å². The number of rotatable bonds is 1. The van der Waals surface area contributed by atoms with Crippen LogP contribution in [0.2, 0.25) is 10.2 Å². The van der Waals surface area contributed by atoms with Gasteiger partial charge in [-0.3, -0.25) is 4.79 Å². The molecule has 10 heavy (non-hydrogen) atoms. The number of nitrogens with zero attached hydrogens (tertiary/aromatic N) is 2. The maximum absolute atomic E-state index is 10.2. The second-order valence-electron chi connectivity index (χ2n) is 1.51.